The number of hydrogen-bond acceptors (Lipinski definition) is 4. The lowest BCUT2D eigenvalue weighted by molar-refractivity contribution is 0.0746. The number of carbonyl (C=O) groups excluding carboxylic acids is 1. The van der Waals surface area contributed by atoms with Crippen molar-refractivity contribution < 1.29 is 14.3 Å². The Morgan fingerprint density at radius 3 is 2.30 bits per heavy atom. The van der Waals surface area contributed by atoms with E-state index in [2.05, 4.69) is 20.8 Å². The van der Waals surface area contributed by atoms with E-state index in [1.165, 1.54) is 14.2 Å². The highest BCUT2D eigenvalue weighted by molar-refractivity contribution is 6.00. The molecule has 0 aromatic heterocycles. The fraction of sp³-hybridized carbons (Fsp3) is 0.533. The van der Waals surface area contributed by atoms with E-state index in [0.29, 0.717) is 29.3 Å². The van der Waals surface area contributed by atoms with Crippen LogP contribution in [-0.4, -0.2) is 38.6 Å². The van der Waals surface area contributed by atoms with Gasteiger partial charge in [-0.2, -0.15) is 0 Å². The number of benzene rings is 1. The highest BCUT2D eigenvalue weighted by Gasteiger charge is 2.22. The van der Waals surface area contributed by atoms with Crippen LogP contribution in [0, 0.1) is 5.41 Å². The smallest absolute Gasteiger partial charge is 0.255 e. The molecule has 112 valence electrons. The van der Waals surface area contributed by atoms with Crippen LogP contribution >= 0.6 is 0 Å². The molecule has 1 rings (SSSR count). The molecule has 0 saturated heterocycles. The molecule has 1 aromatic carbocycles. The molecule has 0 bridgehead atoms. The zero-order chi connectivity index (χ0) is 15.5. The second-order valence-corrected chi connectivity index (χ2v) is 6.01. The largest absolute Gasteiger partial charge is 0.497 e. The zero-order valence-corrected chi connectivity index (χ0v) is 13.1. The first-order chi connectivity index (χ1) is 9.19. The van der Waals surface area contributed by atoms with E-state index in [4.69, 9.17) is 15.2 Å². The van der Waals surface area contributed by atoms with Gasteiger partial charge in [-0.25, -0.2) is 0 Å². The van der Waals surface area contributed by atoms with Gasteiger partial charge in [0.2, 0.25) is 0 Å². The van der Waals surface area contributed by atoms with Gasteiger partial charge in [-0.15, -0.1) is 0 Å². The molecule has 0 aliphatic heterocycles. The summed E-state index contributed by atoms with van der Waals surface area (Å²) in [4.78, 5) is 14.2. The quantitative estimate of drug-likeness (QED) is 0.860. The fourth-order valence-corrected chi connectivity index (χ4v) is 2.05. The Kier molecular flexibility index (Phi) is 4.87. The van der Waals surface area contributed by atoms with Gasteiger partial charge in [-0.1, -0.05) is 20.8 Å². The van der Waals surface area contributed by atoms with Crippen LogP contribution in [0.25, 0.3) is 0 Å². The summed E-state index contributed by atoms with van der Waals surface area (Å²) in [5.74, 6) is 0.843. The lowest BCUT2D eigenvalue weighted by Gasteiger charge is -2.27. The van der Waals surface area contributed by atoms with E-state index >= 15 is 0 Å². The van der Waals surface area contributed by atoms with Crippen LogP contribution < -0.4 is 15.2 Å². The number of anilines is 1. The standard InChI is InChI=1S/C15H24N2O3/c1-15(2,3)9-17(4)14(18)11-7-10(19-5)8-12(20-6)13(11)16/h7-8H,9,16H2,1-6H3. The van der Waals surface area contributed by atoms with E-state index in [0.717, 1.165) is 0 Å². The molecular formula is C15H24N2O3. The minimum atomic E-state index is -0.144. The Morgan fingerprint density at radius 1 is 1.25 bits per heavy atom. The van der Waals surface area contributed by atoms with Crippen molar-refractivity contribution in [2.24, 2.45) is 5.41 Å². The maximum atomic E-state index is 12.5. The molecule has 5 nitrogen and oxygen atoms in total. The molecule has 5 heteroatoms. The second kappa shape index (κ2) is 6.03. The highest BCUT2D eigenvalue weighted by atomic mass is 16.5. The molecule has 0 aliphatic rings. The summed E-state index contributed by atoms with van der Waals surface area (Å²) >= 11 is 0. The van der Waals surface area contributed by atoms with Crippen molar-refractivity contribution in [1.29, 1.82) is 0 Å². The van der Waals surface area contributed by atoms with Gasteiger partial charge in [0.05, 0.1) is 25.5 Å². The Hall–Kier alpha value is -1.91. The SMILES string of the molecule is COc1cc(OC)c(N)c(C(=O)N(C)CC(C)(C)C)c1. The summed E-state index contributed by atoms with van der Waals surface area (Å²) < 4.78 is 10.4. The number of carbonyl (C=O) groups is 1. The molecule has 0 spiro atoms. The Morgan fingerprint density at radius 2 is 1.85 bits per heavy atom. The van der Waals surface area contributed by atoms with Gasteiger partial charge in [0.1, 0.15) is 11.5 Å². The molecule has 0 heterocycles. The number of nitrogen functional groups attached to an aromatic ring is 1. The van der Waals surface area contributed by atoms with E-state index in [9.17, 15) is 4.79 Å². The van der Waals surface area contributed by atoms with E-state index in [-0.39, 0.29) is 11.3 Å². The Bertz CT molecular complexity index is 493. The van der Waals surface area contributed by atoms with Gasteiger partial charge in [-0.05, 0) is 11.5 Å². The molecule has 0 fully saturated rings. The molecule has 1 aromatic rings. The first kappa shape index (κ1) is 16.1. The van der Waals surface area contributed by atoms with Crippen molar-refractivity contribution in [3.05, 3.63) is 17.7 Å². The van der Waals surface area contributed by atoms with Crippen molar-refractivity contribution in [1.82, 2.24) is 4.90 Å². The van der Waals surface area contributed by atoms with Gasteiger partial charge >= 0.3 is 0 Å². The third kappa shape index (κ3) is 3.79. The van der Waals surface area contributed by atoms with Crippen molar-refractivity contribution in [2.45, 2.75) is 20.8 Å². The summed E-state index contributed by atoms with van der Waals surface area (Å²) in [6.07, 6.45) is 0. The van der Waals surface area contributed by atoms with Gasteiger partial charge in [0.25, 0.3) is 5.91 Å². The van der Waals surface area contributed by atoms with Crippen LogP contribution in [0.2, 0.25) is 0 Å². The maximum absolute atomic E-state index is 12.5. The summed E-state index contributed by atoms with van der Waals surface area (Å²) in [6, 6.07) is 3.30. The first-order valence-corrected chi connectivity index (χ1v) is 6.46. The van der Waals surface area contributed by atoms with Gasteiger partial charge in [-0.3, -0.25) is 4.79 Å². The maximum Gasteiger partial charge on any atom is 0.255 e. The lowest BCUT2D eigenvalue weighted by atomic mass is 9.96. The predicted molar refractivity (Wildman–Crippen MR) is 80.4 cm³/mol. The van der Waals surface area contributed by atoms with Gasteiger partial charge in [0.15, 0.2) is 0 Å². The average molecular weight is 280 g/mol. The first-order valence-electron chi connectivity index (χ1n) is 6.46. The van der Waals surface area contributed by atoms with E-state index in [1.807, 2.05) is 0 Å². The molecule has 1 amide bonds. The number of amides is 1. The number of nitrogens with two attached hydrogens (primary N) is 1. The predicted octanol–water partition coefficient (Wildman–Crippen LogP) is 2.40. The summed E-state index contributed by atoms with van der Waals surface area (Å²) in [5.41, 5.74) is 6.74. The molecular weight excluding hydrogens is 256 g/mol. The van der Waals surface area contributed by atoms with Crippen LogP contribution in [0.4, 0.5) is 5.69 Å². The molecule has 0 unspecified atom stereocenters. The van der Waals surface area contributed by atoms with Crippen molar-refractivity contribution in [3.63, 3.8) is 0 Å². The van der Waals surface area contributed by atoms with Crippen LogP contribution in [0.15, 0.2) is 12.1 Å². The Labute approximate surface area is 120 Å². The molecule has 0 saturated carbocycles. The van der Waals surface area contributed by atoms with Crippen LogP contribution in [0.3, 0.4) is 0 Å². The number of methoxy groups -OCH3 is 2. The molecule has 0 aliphatic carbocycles. The number of ether oxygens (including phenoxy) is 2. The molecule has 0 radical (unpaired) electrons. The van der Waals surface area contributed by atoms with Crippen molar-refractivity contribution in [2.75, 3.05) is 33.5 Å². The number of rotatable bonds is 4. The monoisotopic (exact) mass is 280 g/mol. The Balaban J connectivity index is 3.15. The lowest BCUT2D eigenvalue weighted by Crippen LogP contribution is -2.34. The van der Waals surface area contributed by atoms with E-state index in [1.54, 1.807) is 24.1 Å². The zero-order valence-electron chi connectivity index (χ0n) is 13.1. The summed E-state index contributed by atoms with van der Waals surface area (Å²) in [7, 11) is 4.81. The van der Waals surface area contributed by atoms with Crippen molar-refractivity contribution >= 4 is 11.6 Å². The third-order valence-electron chi connectivity index (χ3n) is 2.86. The summed E-state index contributed by atoms with van der Waals surface area (Å²) in [5, 5.41) is 0. The van der Waals surface area contributed by atoms with Gasteiger partial charge in [0, 0.05) is 19.7 Å². The topological polar surface area (TPSA) is 64.8 Å². The van der Waals surface area contributed by atoms with Crippen LogP contribution in [0.5, 0.6) is 11.5 Å². The van der Waals surface area contributed by atoms with Crippen LogP contribution in [-0.2, 0) is 0 Å². The normalized spacial score (nSPS) is 11.1. The fourth-order valence-electron chi connectivity index (χ4n) is 2.05. The minimum Gasteiger partial charge on any atom is -0.497 e. The van der Waals surface area contributed by atoms with Crippen LogP contribution in [0.1, 0.15) is 31.1 Å². The highest BCUT2D eigenvalue weighted by Crippen LogP contribution is 2.32. The van der Waals surface area contributed by atoms with E-state index < -0.39 is 0 Å². The second-order valence-electron chi connectivity index (χ2n) is 6.01. The average Bonchev–Trinajstić information content (AvgIpc) is 2.36. The van der Waals surface area contributed by atoms with Crippen molar-refractivity contribution in [3.8, 4) is 11.5 Å². The number of hydrogen-bond donors (Lipinski definition) is 1. The summed E-state index contributed by atoms with van der Waals surface area (Å²) in [6.45, 7) is 6.86. The third-order valence-corrected chi connectivity index (χ3v) is 2.86. The minimum absolute atomic E-state index is 0.0160. The van der Waals surface area contributed by atoms with Gasteiger partial charge < -0.3 is 20.1 Å². The number of nitrogens with zero attached hydrogens (tertiary/aromatic N) is 1. The molecule has 0 atom stereocenters. The molecule has 20 heavy (non-hydrogen) atoms. The molecule has 2 N–H and O–H groups in total.